The fourth-order valence-electron chi connectivity index (χ4n) is 5.56. The van der Waals surface area contributed by atoms with Gasteiger partial charge in [0, 0.05) is 12.8 Å². The average molecular weight is 660 g/mol. The minimum atomic E-state index is -0.392. The molecule has 0 radical (unpaired) electrons. The third kappa shape index (κ3) is 31.2. The van der Waals surface area contributed by atoms with Crippen molar-refractivity contribution in [1.29, 1.82) is 0 Å². The molecule has 5 nitrogen and oxygen atoms in total. The minimum absolute atomic E-state index is 0.154. The van der Waals surface area contributed by atoms with E-state index in [1.165, 1.54) is 57.8 Å². The van der Waals surface area contributed by atoms with Crippen LogP contribution in [0.3, 0.4) is 0 Å². The van der Waals surface area contributed by atoms with Gasteiger partial charge in [0.1, 0.15) is 12.2 Å². The van der Waals surface area contributed by atoms with Crippen LogP contribution in [0.25, 0.3) is 0 Å². The van der Waals surface area contributed by atoms with E-state index in [0.29, 0.717) is 12.8 Å². The molecule has 274 valence electrons. The van der Waals surface area contributed by atoms with Crippen LogP contribution >= 0.6 is 0 Å². The van der Waals surface area contributed by atoms with Gasteiger partial charge in [0.25, 0.3) is 0 Å². The fraction of sp³-hybridized carbons (Fsp3) is 0.810. The summed E-state index contributed by atoms with van der Waals surface area (Å²) in [4.78, 5) is 28.4. The maximum Gasteiger partial charge on any atom is 0.306 e. The van der Waals surface area contributed by atoms with Gasteiger partial charge in [0.05, 0.1) is 0 Å². The topological polar surface area (TPSA) is 55.8 Å². The maximum atomic E-state index is 13.1. The Labute approximate surface area is 292 Å². The second-order valence-corrected chi connectivity index (χ2v) is 13.4. The third-order valence-electron chi connectivity index (χ3n) is 8.83. The van der Waals surface area contributed by atoms with E-state index in [4.69, 9.17) is 9.47 Å². The molecule has 0 amide bonds. The summed E-state index contributed by atoms with van der Waals surface area (Å²) in [6, 6.07) is 0. The van der Waals surface area contributed by atoms with Crippen molar-refractivity contribution >= 4 is 11.9 Å². The van der Waals surface area contributed by atoms with E-state index in [1.807, 2.05) is 0 Å². The van der Waals surface area contributed by atoms with Gasteiger partial charge >= 0.3 is 11.9 Å². The molecule has 0 heterocycles. The molecule has 0 aliphatic rings. The fourth-order valence-corrected chi connectivity index (χ4v) is 5.56. The van der Waals surface area contributed by atoms with Crippen molar-refractivity contribution in [2.45, 2.75) is 200 Å². The first-order chi connectivity index (χ1) is 23.0. The molecule has 0 spiro atoms. The van der Waals surface area contributed by atoms with Crippen molar-refractivity contribution < 1.29 is 19.1 Å². The number of ether oxygens (including phenoxy) is 2. The second kappa shape index (κ2) is 35.4. The first-order valence-electron chi connectivity index (χ1n) is 20.0. The molecule has 5 heteroatoms. The molecule has 2 unspecified atom stereocenters. The molecule has 0 fully saturated rings. The van der Waals surface area contributed by atoms with Gasteiger partial charge < -0.3 is 14.4 Å². The molecule has 2 atom stereocenters. The number of carbonyl (C=O) groups is 2. The van der Waals surface area contributed by atoms with E-state index < -0.39 is 12.2 Å². The largest absolute Gasteiger partial charge is 0.458 e. The molecule has 0 rings (SSSR count). The molecule has 0 aliphatic carbocycles. The lowest BCUT2D eigenvalue weighted by molar-refractivity contribution is -0.169. The van der Waals surface area contributed by atoms with Gasteiger partial charge in [-0.05, 0) is 123 Å². The zero-order valence-corrected chi connectivity index (χ0v) is 31.8. The first kappa shape index (κ1) is 45.1. The standard InChI is InChI=1S/C42H77NO4/c1-6-10-13-16-19-22-25-29-34-39(46-41(44)36-31-27-24-21-18-15-12-8-3)40(35-30-26-23-20-17-14-11-7-2)47-42(45)37-32-28-33-38-43(5)9-4/h19-24,39-40H,6-18,25-38H2,1-5H3/b22-19-,23-20-,24-21-. The molecule has 47 heavy (non-hydrogen) atoms. The summed E-state index contributed by atoms with van der Waals surface area (Å²) in [7, 11) is 2.13. The van der Waals surface area contributed by atoms with Crippen molar-refractivity contribution in [2.24, 2.45) is 0 Å². The number of hydrogen-bond acceptors (Lipinski definition) is 5. The quantitative estimate of drug-likeness (QED) is 0.0391. The first-order valence-corrected chi connectivity index (χ1v) is 20.0. The van der Waals surface area contributed by atoms with Crippen LogP contribution in [0.1, 0.15) is 188 Å². The highest BCUT2D eigenvalue weighted by Crippen LogP contribution is 2.21. The van der Waals surface area contributed by atoms with Crippen LogP contribution in [-0.4, -0.2) is 49.2 Å². The van der Waals surface area contributed by atoms with Crippen LogP contribution in [0.4, 0.5) is 0 Å². The Kier molecular flexibility index (Phi) is 34.0. The Morgan fingerprint density at radius 2 is 0.872 bits per heavy atom. The number of unbranched alkanes of at least 4 members (excludes halogenated alkanes) is 14. The Hall–Kier alpha value is -1.88. The van der Waals surface area contributed by atoms with Gasteiger partial charge in [-0.1, -0.05) is 109 Å². The lowest BCUT2D eigenvalue weighted by Gasteiger charge is -2.27. The highest BCUT2D eigenvalue weighted by molar-refractivity contribution is 5.70. The zero-order chi connectivity index (χ0) is 34.6. The predicted octanol–water partition coefficient (Wildman–Crippen LogP) is 12.2. The molecular formula is C42H77NO4. The normalized spacial score (nSPS) is 13.3. The van der Waals surface area contributed by atoms with Crippen LogP contribution in [0.15, 0.2) is 36.5 Å². The number of carbonyl (C=O) groups excluding carboxylic acids is 2. The zero-order valence-electron chi connectivity index (χ0n) is 31.8. The summed E-state index contributed by atoms with van der Waals surface area (Å²) >= 11 is 0. The Morgan fingerprint density at radius 1 is 0.489 bits per heavy atom. The molecular weight excluding hydrogens is 582 g/mol. The lowest BCUT2D eigenvalue weighted by Crippen LogP contribution is -2.35. The number of hydrogen-bond donors (Lipinski definition) is 0. The second-order valence-electron chi connectivity index (χ2n) is 13.4. The molecule has 0 bridgehead atoms. The Balaban J connectivity index is 5.31. The molecule has 0 aromatic heterocycles. The van der Waals surface area contributed by atoms with Crippen LogP contribution in [0.2, 0.25) is 0 Å². The summed E-state index contributed by atoms with van der Waals surface area (Å²) in [6.07, 6.45) is 38.0. The Morgan fingerprint density at radius 3 is 1.28 bits per heavy atom. The van der Waals surface area contributed by atoms with Gasteiger partial charge in [-0.25, -0.2) is 0 Å². The molecule has 0 saturated carbocycles. The minimum Gasteiger partial charge on any atom is -0.458 e. The number of rotatable bonds is 34. The monoisotopic (exact) mass is 660 g/mol. The van der Waals surface area contributed by atoms with Crippen LogP contribution in [0.5, 0.6) is 0 Å². The third-order valence-corrected chi connectivity index (χ3v) is 8.83. The Bertz CT molecular complexity index is 789. The predicted molar refractivity (Wildman–Crippen MR) is 203 cm³/mol. The summed E-state index contributed by atoms with van der Waals surface area (Å²) < 4.78 is 12.3. The van der Waals surface area contributed by atoms with Crippen LogP contribution in [-0.2, 0) is 19.1 Å². The molecule has 0 N–H and O–H groups in total. The molecule has 0 aromatic carbocycles. The SMILES string of the molecule is CCCCC/C=C\CCCC(=O)OC(CCC/C=C\CCCCC)C(CCC/C=C\CCCCC)OC(=O)CCCCCN(C)CC. The van der Waals surface area contributed by atoms with Crippen LogP contribution < -0.4 is 0 Å². The van der Waals surface area contributed by atoms with Gasteiger partial charge in [0.15, 0.2) is 0 Å². The molecule has 0 aliphatic heterocycles. The lowest BCUT2D eigenvalue weighted by atomic mass is 10.0. The average Bonchev–Trinajstić information content (AvgIpc) is 3.06. The summed E-state index contributed by atoms with van der Waals surface area (Å²) in [5, 5.41) is 0. The van der Waals surface area contributed by atoms with Gasteiger partial charge in [-0.2, -0.15) is 0 Å². The van der Waals surface area contributed by atoms with E-state index in [0.717, 1.165) is 103 Å². The van der Waals surface area contributed by atoms with E-state index >= 15 is 0 Å². The number of allylic oxidation sites excluding steroid dienone is 6. The van der Waals surface area contributed by atoms with Crippen LogP contribution in [0, 0.1) is 0 Å². The molecule has 0 saturated heterocycles. The van der Waals surface area contributed by atoms with Gasteiger partial charge in [-0.15, -0.1) is 0 Å². The summed E-state index contributed by atoms with van der Waals surface area (Å²) in [6.45, 7) is 11.0. The highest BCUT2D eigenvalue weighted by Gasteiger charge is 2.28. The van der Waals surface area contributed by atoms with Gasteiger partial charge in [0.2, 0.25) is 0 Å². The number of esters is 2. The van der Waals surface area contributed by atoms with Crippen molar-refractivity contribution in [3.8, 4) is 0 Å². The van der Waals surface area contributed by atoms with E-state index in [-0.39, 0.29) is 11.9 Å². The van der Waals surface area contributed by atoms with Crippen molar-refractivity contribution in [2.75, 3.05) is 20.1 Å². The van der Waals surface area contributed by atoms with Crippen molar-refractivity contribution in [1.82, 2.24) is 4.90 Å². The highest BCUT2D eigenvalue weighted by atomic mass is 16.6. The van der Waals surface area contributed by atoms with Gasteiger partial charge in [-0.3, -0.25) is 9.59 Å². The summed E-state index contributed by atoms with van der Waals surface area (Å²) in [5.41, 5.74) is 0. The van der Waals surface area contributed by atoms with Crippen molar-refractivity contribution in [3.05, 3.63) is 36.5 Å². The van der Waals surface area contributed by atoms with E-state index in [9.17, 15) is 9.59 Å². The maximum absolute atomic E-state index is 13.1. The molecule has 0 aromatic rings. The van der Waals surface area contributed by atoms with Crippen molar-refractivity contribution in [3.63, 3.8) is 0 Å². The smallest absolute Gasteiger partial charge is 0.306 e. The van der Waals surface area contributed by atoms with E-state index in [2.05, 4.69) is 76.1 Å². The summed E-state index contributed by atoms with van der Waals surface area (Å²) in [5.74, 6) is -0.319. The van der Waals surface area contributed by atoms with E-state index in [1.54, 1.807) is 0 Å². The number of nitrogens with zero attached hydrogens (tertiary/aromatic N) is 1.